The summed E-state index contributed by atoms with van der Waals surface area (Å²) in [6.45, 7) is 7.82. The summed E-state index contributed by atoms with van der Waals surface area (Å²) in [6, 6.07) is 6.55. The van der Waals surface area contributed by atoms with E-state index in [0.29, 0.717) is 5.02 Å². The fourth-order valence-electron chi connectivity index (χ4n) is 1.63. The van der Waals surface area contributed by atoms with Crippen LogP contribution >= 0.6 is 11.6 Å². The van der Waals surface area contributed by atoms with Crippen LogP contribution in [0.1, 0.15) is 39.4 Å². The number of benzene rings is 1. The number of nitrogens with one attached hydrogen (secondary N) is 1. The Bertz CT molecular complexity index is 474. The Morgan fingerprint density at radius 3 is 2.35 bits per heavy atom. The van der Waals surface area contributed by atoms with Crippen molar-refractivity contribution < 1.29 is 9.90 Å². The second-order valence-electron chi connectivity index (χ2n) is 5.99. The molecule has 20 heavy (non-hydrogen) atoms. The minimum atomic E-state index is -0.765. The lowest BCUT2D eigenvalue weighted by molar-refractivity contribution is -0.117. The van der Waals surface area contributed by atoms with Crippen LogP contribution in [0.15, 0.2) is 36.4 Å². The third-order valence-corrected chi connectivity index (χ3v) is 3.04. The molecule has 1 aromatic rings. The number of carbonyl (C=O) groups is 1. The van der Waals surface area contributed by atoms with Crippen molar-refractivity contribution in [1.29, 1.82) is 0 Å². The molecule has 0 bridgehead atoms. The van der Waals surface area contributed by atoms with Gasteiger partial charge in [0.05, 0.1) is 12.1 Å². The maximum absolute atomic E-state index is 11.8. The van der Waals surface area contributed by atoms with Gasteiger partial charge in [0.1, 0.15) is 0 Å². The molecule has 1 rings (SSSR count). The standard InChI is InChI=1S/C16H22ClNO2/c1-11(18-14(19)9-10-16(2,3)4)15(20)12-5-7-13(17)8-6-12/h5-11,15,20H,1-4H3,(H,18,19)/b10-9+. The number of halogens is 1. The molecular weight excluding hydrogens is 274 g/mol. The Kier molecular flexibility index (Phi) is 5.78. The van der Waals surface area contributed by atoms with Crippen molar-refractivity contribution in [2.24, 2.45) is 5.41 Å². The third-order valence-electron chi connectivity index (χ3n) is 2.79. The van der Waals surface area contributed by atoms with E-state index in [2.05, 4.69) is 5.32 Å². The van der Waals surface area contributed by atoms with Crippen LogP contribution in [0, 0.1) is 5.41 Å². The van der Waals surface area contributed by atoms with Crippen LogP contribution < -0.4 is 5.32 Å². The van der Waals surface area contributed by atoms with Crippen molar-refractivity contribution >= 4 is 17.5 Å². The van der Waals surface area contributed by atoms with Crippen LogP contribution in [0.5, 0.6) is 0 Å². The van der Waals surface area contributed by atoms with Crippen LogP contribution in [0.4, 0.5) is 0 Å². The first-order valence-electron chi connectivity index (χ1n) is 6.62. The number of carbonyl (C=O) groups excluding carboxylic acids is 1. The quantitative estimate of drug-likeness (QED) is 0.836. The summed E-state index contributed by atoms with van der Waals surface area (Å²) in [5.74, 6) is -0.208. The van der Waals surface area contributed by atoms with Gasteiger partial charge >= 0.3 is 0 Å². The lowest BCUT2D eigenvalue weighted by Crippen LogP contribution is -2.36. The monoisotopic (exact) mass is 295 g/mol. The Balaban J connectivity index is 2.62. The molecule has 2 N–H and O–H groups in total. The molecule has 110 valence electrons. The number of aliphatic hydroxyl groups excluding tert-OH is 1. The van der Waals surface area contributed by atoms with Gasteiger partial charge in [-0.2, -0.15) is 0 Å². The molecule has 2 unspecified atom stereocenters. The normalized spacial score (nSPS) is 15.1. The first-order valence-corrected chi connectivity index (χ1v) is 7.00. The summed E-state index contributed by atoms with van der Waals surface area (Å²) in [4.78, 5) is 11.8. The molecule has 0 fully saturated rings. The molecule has 0 aliphatic rings. The summed E-state index contributed by atoms with van der Waals surface area (Å²) in [7, 11) is 0. The number of amides is 1. The lowest BCUT2D eigenvalue weighted by Gasteiger charge is -2.20. The van der Waals surface area contributed by atoms with E-state index in [0.717, 1.165) is 5.56 Å². The van der Waals surface area contributed by atoms with E-state index in [1.54, 1.807) is 31.2 Å². The van der Waals surface area contributed by atoms with Crippen molar-refractivity contribution in [2.75, 3.05) is 0 Å². The molecule has 2 atom stereocenters. The highest BCUT2D eigenvalue weighted by Gasteiger charge is 2.17. The first-order chi connectivity index (χ1) is 9.19. The van der Waals surface area contributed by atoms with E-state index >= 15 is 0 Å². The maximum atomic E-state index is 11.8. The highest BCUT2D eigenvalue weighted by molar-refractivity contribution is 6.30. The molecule has 1 aromatic carbocycles. The van der Waals surface area contributed by atoms with Gasteiger partial charge in [-0.15, -0.1) is 0 Å². The van der Waals surface area contributed by atoms with Gasteiger partial charge in [-0.1, -0.05) is 50.6 Å². The van der Waals surface area contributed by atoms with Crippen LogP contribution in [0.3, 0.4) is 0 Å². The fourth-order valence-corrected chi connectivity index (χ4v) is 1.75. The van der Waals surface area contributed by atoms with Gasteiger partial charge in [-0.3, -0.25) is 4.79 Å². The molecule has 0 aromatic heterocycles. The summed E-state index contributed by atoms with van der Waals surface area (Å²) >= 11 is 5.80. The highest BCUT2D eigenvalue weighted by Crippen LogP contribution is 2.19. The number of hydrogen-bond donors (Lipinski definition) is 2. The second-order valence-corrected chi connectivity index (χ2v) is 6.43. The van der Waals surface area contributed by atoms with Crippen molar-refractivity contribution in [3.8, 4) is 0 Å². The molecule has 1 amide bonds. The maximum Gasteiger partial charge on any atom is 0.243 e. The molecule has 3 nitrogen and oxygen atoms in total. The Morgan fingerprint density at radius 2 is 1.85 bits per heavy atom. The van der Waals surface area contributed by atoms with Crippen molar-refractivity contribution in [3.05, 3.63) is 47.0 Å². The van der Waals surface area contributed by atoms with Gasteiger partial charge in [0.25, 0.3) is 0 Å². The number of aliphatic hydroxyl groups is 1. The Morgan fingerprint density at radius 1 is 1.30 bits per heavy atom. The second kappa shape index (κ2) is 6.91. The smallest absolute Gasteiger partial charge is 0.243 e. The molecule has 0 aliphatic heterocycles. The number of allylic oxidation sites excluding steroid dienone is 1. The van der Waals surface area contributed by atoms with Crippen LogP contribution in [-0.2, 0) is 4.79 Å². The first kappa shape index (κ1) is 16.7. The van der Waals surface area contributed by atoms with Gasteiger partial charge in [0.15, 0.2) is 0 Å². The van der Waals surface area contributed by atoms with E-state index < -0.39 is 6.10 Å². The summed E-state index contributed by atoms with van der Waals surface area (Å²) < 4.78 is 0. The fraction of sp³-hybridized carbons (Fsp3) is 0.438. The topological polar surface area (TPSA) is 49.3 Å². The molecule has 0 spiro atoms. The number of rotatable bonds is 4. The zero-order valence-corrected chi connectivity index (χ0v) is 13.1. The zero-order valence-electron chi connectivity index (χ0n) is 12.4. The predicted octanol–water partition coefficient (Wildman–Crippen LogP) is 3.48. The van der Waals surface area contributed by atoms with E-state index in [-0.39, 0.29) is 17.4 Å². The third kappa shape index (κ3) is 5.76. The molecule has 0 aliphatic carbocycles. The molecule has 4 heteroatoms. The van der Waals surface area contributed by atoms with Crippen LogP contribution in [-0.4, -0.2) is 17.1 Å². The van der Waals surface area contributed by atoms with Gasteiger partial charge in [-0.05, 0) is 36.1 Å². The minimum Gasteiger partial charge on any atom is -0.386 e. The Labute approximate surface area is 125 Å². The van der Waals surface area contributed by atoms with E-state index in [1.807, 2.05) is 26.8 Å². The SMILES string of the molecule is CC(NC(=O)/C=C/C(C)(C)C)C(O)c1ccc(Cl)cc1. The molecule has 0 heterocycles. The average Bonchev–Trinajstić information content (AvgIpc) is 2.35. The summed E-state index contributed by atoms with van der Waals surface area (Å²) in [5.41, 5.74) is 0.678. The molecule has 0 saturated heterocycles. The van der Waals surface area contributed by atoms with Gasteiger partial charge in [-0.25, -0.2) is 0 Å². The van der Waals surface area contributed by atoms with E-state index in [1.165, 1.54) is 6.08 Å². The predicted molar refractivity (Wildman–Crippen MR) is 82.6 cm³/mol. The molecule has 0 radical (unpaired) electrons. The van der Waals surface area contributed by atoms with Crippen molar-refractivity contribution in [1.82, 2.24) is 5.32 Å². The number of hydrogen-bond acceptors (Lipinski definition) is 2. The van der Waals surface area contributed by atoms with Crippen molar-refractivity contribution in [3.63, 3.8) is 0 Å². The van der Waals surface area contributed by atoms with E-state index in [4.69, 9.17) is 11.6 Å². The van der Waals surface area contributed by atoms with Gasteiger partial charge < -0.3 is 10.4 Å². The van der Waals surface area contributed by atoms with Gasteiger partial charge in [0, 0.05) is 5.02 Å². The molecule has 0 saturated carbocycles. The minimum absolute atomic E-state index is 0.0463. The largest absolute Gasteiger partial charge is 0.386 e. The van der Waals surface area contributed by atoms with Crippen LogP contribution in [0.25, 0.3) is 0 Å². The van der Waals surface area contributed by atoms with Crippen LogP contribution in [0.2, 0.25) is 5.02 Å². The Hall–Kier alpha value is -1.32. The zero-order chi connectivity index (χ0) is 15.3. The lowest BCUT2D eigenvalue weighted by atomic mass is 9.96. The highest BCUT2D eigenvalue weighted by atomic mass is 35.5. The summed E-state index contributed by atoms with van der Waals surface area (Å²) in [6.07, 6.45) is 2.58. The van der Waals surface area contributed by atoms with Crippen molar-refractivity contribution in [2.45, 2.75) is 39.8 Å². The average molecular weight is 296 g/mol. The summed E-state index contributed by atoms with van der Waals surface area (Å²) in [5, 5.41) is 13.5. The molecular formula is C16H22ClNO2. The van der Waals surface area contributed by atoms with E-state index in [9.17, 15) is 9.90 Å². The van der Waals surface area contributed by atoms with Gasteiger partial charge in [0.2, 0.25) is 5.91 Å².